The van der Waals surface area contributed by atoms with Crippen molar-refractivity contribution < 1.29 is 9.50 Å². The number of halogens is 1. The molecule has 1 aromatic heterocycles. The van der Waals surface area contributed by atoms with Crippen LogP contribution >= 0.6 is 23.1 Å². The monoisotopic (exact) mass is 292 g/mol. The summed E-state index contributed by atoms with van der Waals surface area (Å²) in [5.41, 5.74) is 1.00. The average molecular weight is 292 g/mol. The van der Waals surface area contributed by atoms with Crippen LogP contribution in [0.5, 0.6) is 0 Å². The third kappa shape index (κ3) is 4.39. The lowest BCUT2D eigenvalue weighted by Gasteiger charge is -2.00. The van der Waals surface area contributed by atoms with E-state index in [9.17, 15) is 4.39 Å². The van der Waals surface area contributed by atoms with E-state index >= 15 is 0 Å². The highest BCUT2D eigenvalue weighted by molar-refractivity contribution is 7.98. The molecular formula is C15H13FOS2. The van der Waals surface area contributed by atoms with Crippen LogP contribution in [0.25, 0.3) is 0 Å². The Hall–Kier alpha value is -1.28. The van der Waals surface area contributed by atoms with Crippen molar-refractivity contribution >= 4 is 23.1 Å². The van der Waals surface area contributed by atoms with Crippen LogP contribution < -0.4 is 0 Å². The van der Waals surface area contributed by atoms with E-state index in [1.54, 1.807) is 29.2 Å². The molecule has 0 aliphatic rings. The van der Waals surface area contributed by atoms with Crippen LogP contribution in [0, 0.1) is 17.7 Å². The molecule has 1 nitrogen and oxygen atoms in total. The summed E-state index contributed by atoms with van der Waals surface area (Å²) in [6.45, 7) is 0.0878. The summed E-state index contributed by atoms with van der Waals surface area (Å²) in [6, 6.07) is 8.58. The van der Waals surface area contributed by atoms with Gasteiger partial charge in [-0.3, -0.25) is 0 Å². The number of benzene rings is 1. The van der Waals surface area contributed by atoms with Gasteiger partial charge in [-0.25, -0.2) is 4.39 Å². The molecule has 2 aromatic rings. The van der Waals surface area contributed by atoms with Crippen LogP contribution in [0.4, 0.5) is 4.39 Å². The smallest absolute Gasteiger partial charge is 0.124 e. The van der Waals surface area contributed by atoms with Crippen LogP contribution in [0.3, 0.4) is 0 Å². The van der Waals surface area contributed by atoms with E-state index in [1.165, 1.54) is 17.0 Å². The van der Waals surface area contributed by atoms with Crippen molar-refractivity contribution in [2.24, 2.45) is 0 Å². The van der Waals surface area contributed by atoms with Crippen molar-refractivity contribution in [2.75, 3.05) is 6.61 Å². The number of hydrogen-bond donors (Lipinski definition) is 1. The van der Waals surface area contributed by atoms with Crippen LogP contribution in [0.1, 0.15) is 16.9 Å². The van der Waals surface area contributed by atoms with Gasteiger partial charge in [-0.2, -0.15) is 0 Å². The molecule has 0 amide bonds. The standard InChI is InChI=1S/C15H13FOS2/c16-13-5-3-6-14(10-13)19-11-15-12(7-9-18-15)4-1-2-8-17/h3,5-7,9-10,17H,2,8,11H2. The zero-order valence-electron chi connectivity index (χ0n) is 10.2. The Bertz CT molecular complexity index is 595. The first-order valence-corrected chi connectivity index (χ1v) is 7.70. The molecule has 19 heavy (non-hydrogen) atoms. The molecule has 0 saturated heterocycles. The van der Waals surface area contributed by atoms with Gasteiger partial charge in [0.1, 0.15) is 5.82 Å². The van der Waals surface area contributed by atoms with E-state index in [0.717, 1.165) is 16.2 Å². The van der Waals surface area contributed by atoms with Crippen molar-refractivity contribution in [3.8, 4) is 11.8 Å². The Balaban J connectivity index is 2.01. The Kier molecular flexibility index (Phi) is 5.46. The highest BCUT2D eigenvalue weighted by Crippen LogP contribution is 2.27. The van der Waals surface area contributed by atoms with E-state index < -0.39 is 0 Å². The highest BCUT2D eigenvalue weighted by atomic mass is 32.2. The highest BCUT2D eigenvalue weighted by Gasteiger charge is 2.03. The van der Waals surface area contributed by atoms with Crippen LogP contribution in [0.2, 0.25) is 0 Å². The zero-order valence-corrected chi connectivity index (χ0v) is 11.9. The largest absolute Gasteiger partial charge is 0.395 e. The molecule has 1 aromatic carbocycles. The van der Waals surface area contributed by atoms with E-state index in [2.05, 4.69) is 11.8 Å². The topological polar surface area (TPSA) is 20.2 Å². The van der Waals surface area contributed by atoms with Gasteiger partial charge in [0.25, 0.3) is 0 Å². The molecule has 0 unspecified atom stereocenters. The van der Waals surface area contributed by atoms with Gasteiger partial charge < -0.3 is 5.11 Å². The molecule has 0 aliphatic heterocycles. The number of thioether (sulfide) groups is 1. The van der Waals surface area contributed by atoms with Gasteiger partial charge in [-0.15, -0.1) is 23.1 Å². The van der Waals surface area contributed by atoms with Crippen LogP contribution in [0.15, 0.2) is 40.6 Å². The summed E-state index contributed by atoms with van der Waals surface area (Å²) in [5.74, 6) is 6.55. The SMILES string of the molecule is OCCC#Cc1ccsc1CSc1cccc(F)c1. The second-order valence-electron chi connectivity index (χ2n) is 3.78. The maximum atomic E-state index is 13.1. The van der Waals surface area contributed by atoms with E-state index in [1.807, 2.05) is 17.5 Å². The fourth-order valence-electron chi connectivity index (χ4n) is 1.48. The molecule has 0 aliphatic carbocycles. The van der Waals surface area contributed by atoms with Crippen molar-refractivity contribution in [3.05, 3.63) is 52.0 Å². The molecule has 0 spiro atoms. The van der Waals surface area contributed by atoms with Crippen LogP contribution in [-0.2, 0) is 5.75 Å². The van der Waals surface area contributed by atoms with E-state index in [-0.39, 0.29) is 12.4 Å². The van der Waals surface area contributed by atoms with Crippen molar-refractivity contribution in [1.29, 1.82) is 0 Å². The minimum absolute atomic E-state index is 0.0878. The summed E-state index contributed by atoms with van der Waals surface area (Å²) < 4.78 is 13.1. The van der Waals surface area contributed by atoms with Gasteiger partial charge in [-0.1, -0.05) is 17.9 Å². The first-order valence-electron chi connectivity index (χ1n) is 5.84. The third-order valence-electron chi connectivity index (χ3n) is 2.37. The van der Waals surface area contributed by atoms with Crippen LogP contribution in [-0.4, -0.2) is 11.7 Å². The van der Waals surface area contributed by atoms with Gasteiger partial charge >= 0.3 is 0 Å². The fraction of sp³-hybridized carbons (Fsp3) is 0.200. The number of hydrogen-bond acceptors (Lipinski definition) is 3. The third-order valence-corrected chi connectivity index (χ3v) is 4.50. The van der Waals surface area contributed by atoms with E-state index in [0.29, 0.717) is 6.42 Å². The molecule has 0 saturated carbocycles. The number of thiophene rings is 1. The molecule has 98 valence electrons. The van der Waals surface area contributed by atoms with E-state index in [4.69, 9.17) is 5.11 Å². The van der Waals surface area contributed by atoms with Crippen molar-refractivity contribution in [1.82, 2.24) is 0 Å². The Morgan fingerprint density at radius 3 is 3.00 bits per heavy atom. The number of aliphatic hydroxyl groups excluding tert-OH is 1. The maximum absolute atomic E-state index is 13.1. The Labute approximate surface area is 120 Å². The molecule has 4 heteroatoms. The summed E-state index contributed by atoms with van der Waals surface area (Å²) in [5, 5.41) is 10.7. The predicted octanol–water partition coefficient (Wildman–Crippen LogP) is 3.91. The number of aliphatic hydroxyl groups is 1. The second-order valence-corrected chi connectivity index (χ2v) is 5.83. The van der Waals surface area contributed by atoms with Gasteiger partial charge in [-0.05, 0) is 29.6 Å². The van der Waals surface area contributed by atoms with Crippen molar-refractivity contribution in [2.45, 2.75) is 17.1 Å². The minimum Gasteiger partial charge on any atom is -0.395 e. The summed E-state index contributed by atoms with van der Waals surface area (Å²) in [6.07, 6.45) is 0.492. The predicted molar refractivity (Wildman–Crippen MR) is 78.9 cm³/mol. The Morgan fingerprint density at radius 2 is 2.21 bits per heavy atom. The fourth-order valence-corrected chi connectivity index (χ4v) is 3.37. The lowest BCUT2D eigenvalue weighted by atomic mass is 10.2. The summed E-state index contributed by atoms with van der Waals surface area (Å²) in [4.78, 5) is 2.10. The number of rotatable bonds is 4. The van der Waals surface area contributed by atoms with Gasteiger partial charge in [0, 0.05) is 27.5 Å². The lowest BCUT2D eigenvalue weighted by Crippen LogP contribution is -1.82. The molecule has 2 rings (SSSR count). The normalized spacial score (nSPS) is 10.0. The second kappa shape index (κ2) is 7.34. The molecule has 1 heterocycles. The first-order chi connectivity index (χ1) is 9.29. The lowest BCUT2D eigenvalue weighted by molar-refractivity contribution is 0.305. The quantitative estimate of drug-likeness (QED) is 0.681. The summed E-state index contributed by atoms with van der Waals surface area (Å²) in [7, 11) is 0. The average Bonchev–Trinajstić information content (AvgIpc) is 2.84. The first kappa shape index (κ1) is 14.1. The molecule has 0 radical (unpaired) electrons. The molecule has 0 fully saturated rings. The molecule has 1 N–H and O–H groups in total. The minimum atomic E-state index is -0.209. The summed E-state index contributed by atoms with van der Waals surface area (Å²) >= 11 is 3.25. The van der Waals surface area contributed by atoms with Gasteiger partial charge in [0.2, 0.25) is 0 Å². The van der Waals surface area contributed by atoms with Gasteiger partial charge in [0.05, 0.1) is 6.61 Å². The Morgan fingerprint density at radius 1 is 1.32 bits per heavy atom. The van der Waals surface area contributed by atoms with Crippen molar-refractivity contribution in [3.63, 3.8) is 0 Å². The molecule has 0 atom stereocenters. The molecule has 0 bridgehead atoms. The van der Waals surface area contributed by atoms with Gasteiger partial charge in [0.15, 0.2) is 0 Å². The maximum Gasteiger partial charge on any atom is 0.124 e. The molecular weight excluding hydrogens is 279 g/mol. The zero-order chi connectivity index (χ0) is 13.5.